The van der Waals surface area contributed by atoms with Crippen LogP contribution in [0.3, 0.4) is 0 Å². The van der Waals surface area contributed by atoms with Gasteiger partial charge in [0.2, 0.25) is 11.8 Å². The molecule has 2 aromatic rings. The highest BCUT2D eigenvalue weighted by atomic mass is 16.3. The van der Waals surface area contributed by atoms with Gasteiger partial charge in [-0.3, -0.25) is 9.59 Å². The molecule has 0 bridgehead atoms. The maximum absolute atomic E-state index is 12.5. The van der Waals surface area contributed by atoms with Crippen LogP contribution in [-0.2, 0) is 22.4 Å². The predicted octanol–water partition coefficient (Wildman–Crippen LogP) is 2.32. The lowest BCUT2D eigenvalue weighted by Crippen LogP contribution is -2.54. The van der Waals surface area contributed by atoms with Gasteiger partial charge in [-0.2, -0.15) is 0 Å². The van der Waals surface area contributed by atoms with Crippen LogP contribution in [0, 0.1) is 0 Å². The van der Waals surface area contributed by atoms with Gasteiger partial charge in [0.15, 0.2) is 0 Å². The van der Waals surface area contributed by atoms with E-state index in [1.54, 1.807) is 0 Å². The summed E-state index contributed by atoms with van der Waals surface area (Å²) in [5.74, 6) is 0.891. The number of fused-ring (bicyclic) bond motifs is 1. The number of hydrogen-bond acceptors (Lipinski definition) is 3. The smallest absolute Gasteiger partial charge is 0.224 e. The van der Waals surface area contributed by atoms with E-state index in [-0.39, 0.29) is 23.9 Å². The predicted molar refractivity (Wildman–Crippen MR) is 88.1 cm³/mol. The second-order valence-corrected chi connectivity index (χ2v) is 6.10. The second kappa shape index (κ2) is 6.44. The molecule has 3 rings (SSSR count). The highest BCUT2D eigenvalue weighted by molar-refractivity contribution is 5.89. The minimum Gasteiger partial charge on any atom is -0.461 e. The van der Waals surface area contributed by atoms with Crippen molar-refractivity contribution in [2.24, 2.45) is 0 Å². The summed E-state index contributed by atoms with van der Waals surface area (Å²) in [4.78, 5) is 23.8. The van der Waals surface area contributed by atoms with Gasteiger partial charge in [-0.05, 0) is 19.4 Å². The van der Waals surface area contributed by atoms with E-state index < -0.39 is 0 Å². The number of carbonyl (C=O) groups excluding carboxylic acids is 2. The molecule has 0 aliphatic carbocycles. The van der Waals surface area contributed by atoms with E-state index in [1.165, 1.54) is 0 Å². The molecule has 5 heteroatoms. The van der Waals surface area contributed by atoms with Gasteiger partial charge >= 0.3 is 0 Å². The number of carbonyl (C=O) groups is 2. The van der Waals surface area contributed by atoms with Gasteiger partial charge in [0.1, 0.15) is 11.3 Å². The van der Waals surface area contributed by atoms with Crippen molar-refractivity contribution in [2.45, 2.75) is 51.6 Å². The fourth-order valence-electron chi connectivity index (χ4n) is 3.21. The number of aryl methyl sites for hydroxylation is 1. The first kappa shape index (κ1) is 15.6. The molecule has 23 heavy (non-hydrogen) atoms. The van der Waals surface area contributed by atoms with E-state index in [0.717, 1.165) is 28.7 Å². The van der Waals surface area contributed by atoms with E-state index in [2.05, 4.69) is 10.6 Å². The number of hydrogen-bond donors (Lipinski definition) is 2. The summed E-state index contributed by atoms with van der Waals surface area (Å²) >= 11 is 0. The molecule has 5 nitrogen and oxygen atoms in total. The molecule has 2 unspecified atom stereocenters. The molecule has 1 fully saturated rings. The lowest BCUT2D eigenvalue weighted by molar-refractivity contribution is -0.126. The van der Waals surface area contributed by atoms with Crippen molar-refractivity contribution in [2.75, 3.05) is 0 Å². The van der Waals surface area contributed by atoms with Gasteiger partial charge < -0.3 is 15.1 Å². The van der Waals surface area contributed by atoms with Gasteiger partial charge in [0, 0.05) is 35.9 Å². The fraction of sp³-hybridized carbons (Fsp3) is 0.444. The summed E-state index contributed by atoms with van der Waals surface area (Å²) in [6.07, 6.45) is 2.21. The molecule has 2 amide bonds. The first-order valence-corrected chi connectivity index (χ1v) is 8.16. The molecule has 1 aliphatic heterocycles. The Morgan fingerprint density at radius 2 is 2.17 bits per heavy atom. The van der Waals surface area contributed by atoms with Crippen LogP contribution in [0.1, 0.15) is 38.0 Å². The summed E-state index contributed by atoms with van der Waals surface area (Å²) in [6.45, 7) is 3.95. The highest BCUT2D eigenvalue weighted by Crippen LogP contribution is 2.26. The summed E-state index contributed by atoms with van der Waals surface area (Å²) in [7, 11) is 0. The van der Waals surface area contributed by atoms with E-state index in [4.69, 9.17) is 4.42 Å². The SMILES string of the molecule is CCc1oc2ccccc2c1CC(=O)NC1CCC(=O)NC1C. The largest absolute Gasteiger partial charge is 0.461 e. The monoisotopic (exact) mass is 314 g/mol. The molecule has 2 N–H and O–H groups in total. The zero-order valence-electron chi connectivity index (χ0n) is 13.5. The van der Waals surface area contributed by atoms with Crippen molar-refractivity contribution in [3.8, 4) is 0 Å². The van der Waals surface area contributed by atoms with E-state index in [9.17, 15) is 9.59 Å². The summed E-state index contributed by atoms with van der Waals surface area (Å²) in [5.41, 5.74) is 1.79. The van der Waals surface area contributed by atoms with Crippen LogP contribution < -0.4 is 10.6 Å². The number of amides is 2. The van der Waals surface area contributed by atoms with E-state index in [1.807, 2.05) is 38.1 Å². The van der Waals surface area contributed by atoms with Crippen LogP contribution in [-0.4, -0.2) is 23.9 Å². The van der Waals surface area contributed by atoms with Crippen molar-refractivity contribution in [3.63, 3.8) is 0 Å². The van der Waals surface area contributed by atoms with E-state index in [0.29, 0.717) is 19.3 Å². The van der Waals surface area contributed by atoms with Crippen molar-refractivity contribution >= 4 is 22.8 Å². The number of benzene rings is 1. The molecule has 1 aromatic carbocycles. The maximum atomic E-state index is 12.5. The topological polar surface area (TPSA) is 71.3 Å². The summed E-state index contributed by atoms with van der Waals surface area (Å²) < 4.78 is 5.84. The fourth-order valence-corrected chi connectivity index (χ4v) is 3.21. The van der Waals surface area contributed by atoms with Crippen LogP contribution in [0.25, 0.3) is 11.0 Å². The average Bonchev–Trinajstić information content (AvgIpc) is 2.88. The number of nitrogens with one attached hydrogen (secondary N) is 2. The van der Waals surface area contributed by atoms with Crippen LogP contribution in [0.2, 0.25) is 0 Å². The number of piperidine rings is 1. The number of rotatable bonds is 4. The Labute approximate surface area is 135 Å². The van der Waals surface area contributed by atoms with Gasteiger partial charge in [-0.25, -0.2) is 0 Å². The van der Waals surface area contributed by atoms with Crippen molar-refractivity contribution < 1.29 is 14.0 Å². The quantitative estimate of drug-likeness (QED) is 0.910. The maximum Gasteiger partial charge on any atom is 0.224 e. The van der Waals surface area contributed by atoms with Crippen molar-refractivity contribution in [1.82, 2.24) is 10.6 Å². The standard InChI is InChI=1S/C18H22N2O3/c1-3-15-13(12-6-4-5-7-16(12)23-15)10-18(22)20-14-8-9-17(21)19-11(14)2/h4-7,11,14H,3,8-10H2,1-2H3,(H,19,21)(H,20,22). The second-order valence-electron chi connectivity index (χ2n) is 6.10. The van der Waals surface area contributed by atoms with Gasteiger partial charge in [0.25, 0.3) is 0 Å². The Balaban J connectivity index is 1.74. The first-order valence-electron chi connectivity index (χ1n) is 8.16. The number of para-hydroxylation sites is 1. The molecule has 1 saturated heterocycles. The minimum atomic E-state index is -0.0352. The van der Waals surface area contributed by atoms with Crippen LogP contribution in [0.15, 0.2) is 28.7 Å². The molecule has 2 atom stereocenters. The molecule has 122 valence electrons. The Bertz CT molecular complexity index is 735. The highest BCUT2D eigenvalue weighted by Gasteiger charge is 2.27. The molecule has 1 aliphatic rings. The van der Waals surface area contributed by atoms with Crippen LogP contribution in [0.5, 0.6) is 0 Å². The Hall–Kier alpha value is -2.30. The van der Waals surface area contributed by atoms with Crippen LogP contribution >= 0.6 is 0 Å². The lowest BCUT2D eigenvalue weighted by Gasteiger charge is -2.30. The number of furan rings is 1. The third-order valence-electron chi connectivity index (χ3n) is 4.46. The average molecular weight is 314 g/mol. The van der Waals surface area contributed by atoms with Gasteiger partial charge in [-0.15, -0.1) is 0 Å². The molecule has 2 heterocycles. The normalized spacial score (nSPS) is 21.2. The zero-order valence-corrected chi connectivity index (χ0v) is 13.5. The summed E-state index contributed by atoms with van der Waals surface area (Å²) in [6, 6.07) is 7.76. The lowest BCUT2D eigenvalue weighted by atomic mass is 9.98. The van der Waals surface area contributed by atoms with Crippen molar-refractivity contribution in [1.29, 1.82) is 0 Å². The van der Waals surface area contributed by atoms with Gasteiger partial charge in [-0.1, -0.05) is 25.1 Å². The van der Waals surface area contributed by atoms with Crippen LogP contribution in [0.4, 0.5) is 0 Å². The molecule has 1 aromatic heterocycles. The zero-order chi connectivity index (χ0) is 16.4. The third-order valence-corrected chi connectivity index (χ3v) is 4.46. The van der Waals surface area contributed by atoms with Crippen molar-refractivity contribution in [3.05, 3.63) is 35.6 Å². The minimum absolute atomic E-state index is 0.0107. The molecule has 0 radical (unpaired) electrons. The Morgan fingerprint density at radius 3 is 2.91 bits per heavy atom. The first-order chi connectivity index (χ1) is 11.1. The molecular weight excluding hydrogens is 292 g/mol. The summed E-state index contributed by atoms with van der Waals surface area (Å²) in [5, 5.41) is 6.93. The van der Waals surface area contributed by atoms with E-state index >= 15 is 0 Å². The third kappa shape index (κ3) is 3.23. The molecule has 0 spiro atoms. The van der Waals surface area contributed by atoms with Gasteiger partial charge in [0.05, 0.1) is 6.42 Å². The Morgan fingerprint density at radius 1 is 1.39 bits per heavy atom. The molecule has 0 saturated carbocycles. The Kier molecular flexibility index (Phi) is 4.37. The molecular formula is C18H22N2O3.